The molecule has 3 rings (SSSR count). The molecule has 1 saturated heterocycles. The number of carbonyl (C=O) groups excluding carboxylic acids is 1. The van der Waals surface area contributed by atoms with Gasteiger partial charge < -0.3 is 14.7 Å². The molecule has 0 aliphatic carbocycles. The van der Waals surface area contributed by atoms with Crippen molar-refractivity contribution in [2.45, 2.75) is 48.0 Å². The number of hydrogen-bond acceptors (Lipinski definition) is 5. The van der Waals surface area contributed by atoms with Crippen LogP contribution in [0.2, 0.25) is 0 Å². The van der Waals surface area contributed by atoms with Gasteiger partial charge in [0, 0.05) is 28.4 Å². The first-order valence-electron chi connectivity index (χ1n) is 10.7. The van der Waals surface area contributed by atoms with Crippen LogP contribution in [0, 0.1) is 11.6 Å². The molecule has 1 aliphatic rings. The number of thioether (sulfide) groups is 2. The van der Waals surface area contributed by atoms with Gasteiger partial charge in [-0.2, -0.15) is 0 Å². The van der Waals surface area contributed by atoms with E-state index in [0.29, 0.717) is 52.4 Å². The maximum Gasteiger partial charge on any atom is 0.409 e. The van der Waals surface area contributed by atoms with E-state index in [4.69, 9.17) is 4.74 Å². The monoisotopic (exact) mass is 561 g/mol. The average molecular weight is 563 g/mol. The quantitative estimate of drug-likeness (QED) is 0.301. The van der Waals surface area contributed by atoms with Crippen LogP contribution in [-0.4, -0.2) is 48.3 Å². The molecule has 0 aromatic heterocycles. The van der Waals surface area contributed by atoms with Crippen molar-refractivity contribution in [2.24, 2.45) is 0 Å². The molecule has 0 radical (unpaired) electrons. The number of nitrogens with zero attached hydrogens (tertiary/aromatic N) is 1. The maximum atomic E-state index is 14.5. The van der Waals surface area contributed by atoms with E-state index in [-0.39, 0.29) is 17.7 Å². The van der Waals surface area contributed by atoms with Crippen molar-refractivity contribution < 1.29 is 23.4 Å². The zero-order valence-electron chi connectivity index (χ0n) is 19.1. The number of likely N-dealkylation sites (tertiary alicyclic amines) is 1. The zero-order valence-corrected chi connectivity index (χ0v) is 22.3. The number of amides is 1. The number of carbonyl (C=O) groups is 1. The minimum Gasteiger partial charge on any atom is -0.449 e. The van der Waals surface area contributed by atoms with Gasteiger partial charge in [0.05, 0.1) is 16.7 Å². The van der Waals surface area contributed by atoms with Crippen molar-refractivity contribution in [1.82, 2.24) is 4.90 Å². The summed E-state index contributed by atoms with van der Waals surface area (Å²) in [5.74, 6) is -0.531. The van der Waals surface area contributed by atoms with Crippen LogP contribution < -0.4 is 0 Å². The van der Waals surface area contributed by atoms with Gasteiger partial charge in [0.1, 0.15) is 5.82 Å². The number of ether oxygens (including phenoxy) is 1. The van der Waals surface area contributed by atoms with Crippen LogP contribution >= 0.6 is 39.5 Å². The molecule has 1 amide bonds. The summed E-state index contributed by atoms with van der Waals surface area (Å²) < 4.78 is 33.1. The Balaban J connectivity index is 0.000000321. The zero-order chi connectivity index (χ0) is 24.4. The van der Waals surface area contributed by atoms with Gasteiger partial charge in [0.15, 0.2) is 5.82 Å². The first-order chi connectivity index (χ1) is 15.8. The number of rotatable bonds is 6. The van der Waals surface area contributed by atoms with E-state index in [1.165, 1.54) is 23.5 Å². The second-order valence-electron chi connectivity index (χ2n) is 7.56. The summed E-state index contributed by atoms with van der Waals surface area (Å²) in [5, 5.41) is 10.8. The minimum atomic E-state index is -1.23. The van der Waals surface area contributed by atoms with E-state index >= 15 is 0 Å². The Morgan fingerprint density at radius 3 is 2.21 bits per heavy atom. The predicted molar refractivity (Wildman–Crippen MR) is 135 cm³/mol. The molecule has 2 aromatic rings. The smallest absolute Gasteiger partial charge is 0.409 e. The number of hydrogen-bond donors (Lipinski definition) is 1. The summed E-state index contributed by atoms with van der Waals surface area (Å²) in [6.07, 6.45) is 5.74. The van der Waals surface area contributed by atoms with Gasteiger partial charge in [-0.05, 0) is 65.9 Å². The predicted octanol–water partition coefficient (Wildman–Crippen LogP) is 7.08. The number of benzene rings is 2. The fourth-order valence-electron chi connectivity index (χ4n) is 3.39. The Kier molecular flexibility index (Phi) is 11.5. The van der Waals surface area contributed by atoms with E-state index < -0.39 is 5.60 Å². The molecule has 0 saturated carbocycles. The van der Waals surface area contributed by atoms with Crippen molar-refractivity contribution in [3.8, 4) is 0 Å². The van der Waals surface area contributed by atoms with Crippen molar-refractivity contribution in [1.29, 1.82) is 0 Å². The highest BCUT2D eigenvalue weighted by Crippen LogP contribution is 2.37. The lowest BCUT2D eigenvalue weighted by molar-refractivity contribution is -0.0275. The van der Waals surface area contributed by atoms with Crippen molar-refractivity contribution >= 4 is 45.5 Å². The summed E-state index contributed by atoms with van der Waals surface area (Å²) in [7, 11) is 0. The van der Waals surface area contributed by atoms with Crippen LogP contribution in [0.3, 0.4) is 0 Å². The molecule has 4 nitrogen and oxygen atoms in total. The largest absolute Gasteiger partial charge is 0.449 e. The fraction of sp³-hybridized carbons (Fsp3) is 0.458. The van der Waals surface area contributed by atoms with Gasteiger partial charge in [0.25, 0.3) is 0 Å². The van der Waals surface area contributed by atoms with Crippen LogP contribution in [0.25, 0.3) is 0 Å². The normalized spacial score (nSPS) is 14.9. The molecule has 0 atom stereocenters. The first-order valence-corrected chi connectivity index (χ1v) is 14.0. The first kappa shape index (κ1) is 28.0. The van der Waals surface area contributed by atoms with E-state index in [1.54, 1.807) is 41.5 Å². The third-order valence-electron chi connectivity index (χ3n) is 5.39. The number of piperidine rings is 1. The molecule has 0 spiro atoms. The summed E-state index contributed by atoms with van der Waals surface area (Å²) in [5.41, 5.74) is -0.904. The van der Waals surface area contributed by atoms with Gasteiger partial charge in [0.2, 0.25) is 0 Å². The lowest BCUT2D eigenvalue weighted by atomic mass is 9.84. The molecule has 182 valence electrons. The molecular formula is C24H30BrF2NO3S2. The van der Waals surface area contributed by atoms with Crippen molar-refractivity contribution in [2.75, 3.05) is 32.2 Å². The second-order valence-corrected chi connectivity index (χ2v) is 10.1. The topological polar surface area (TPSA) is 49.8 Å². The summed E-state index contributed by atoms with van der Waals surface area (Å²) >= 11 is 5.82. The lowest BCUT2D eigenvalue weighted by Gasteiger charge is -2.38. The Hall–Kier alpha value is -1.29. The van der Waals surface area contributed by atoms with E-state index in [1.807, 2.05) is 19.2 Å². The highest BCUT2D eigenvalue weighted by molar-refractivity contribution is 9.10. The molecule has 1 heterocycles. The molecule has 33 heavy (non-hydrogen) atoms. The maximum absolute atomic E-state index is 14.5. The van der Waals surface area contributed by atoms with Gasteiger partial charge in [-0.1, -0.05) is 31.5 Å². The third kappa shape index (κ3) is 7.60. The Bertz CT molecular complexity index is 925. The lowest BCUT2D eigenvalue weighted by Crippen LogP contribution is -2.45. The van der Waals surface area contributed by atoms with Gasteiger partial charge >= 0.3 is 6.09 Å². The van der Waals surface area contributed by atoms with Crippen LogP contribution in [-0.2, 0) is 10.3 Å². The molecule has 0 bridgehead atoms. The van der Waals surface area contributed by atoms with Crippen LogP contribution in [0.15, 0.2) is 50.7 Å². The molecule has 1 aliphatic heterocycles. The standard InChI is InChI=1S/C17H24FNO3S.C7H6BrFS/c1-3-4-12-22-16(20)19-10-8-17(21,9-11-19)13-6-5-7-14(23-2)15(13)18;1-10-6-4-2-3-5(8)7(6)9/h5-7,21H,3-4,8-12H2,1-2H3;2-4H,1H3. The number of aliphatic hydroxyl groups is 1. The molecule has 0 unspecified atom stereocenters. The van der Waals surface area contributed by atoms with Crippen LogP contribution in [0.1, 0.15) is 38.2 Å². The van der Waals surface area contributed by atoms with E-state index in [2.05, 4.69) is 15.9 Å². The molecule has 9 heteroatoms. The van der Waals surface area contributed by atoms with E-state index in [9.17, 15) is 18.7 Å². The highest BCUT2D eigenvalue weighted by Gasteiger charge is 2.38. The average Bonchev–Trinajstić information content (AvgIpc) is 2.82. The van der Waals surface area contributed by atoms with Crippen LogP contribution in [0.5, 0.6) is 0 Å². The minimum absolute atomic E-state index is 0.171. The van der Waals surface area contributed by atoms with E-state index in [0.717, 1.165) is 12.8 Å². The Morgan fingerprint density at radius 1 is 1.09 bits per heavy atom. The number of halogens is 3. The Morgan fingerprint density at radius 2 is 1.67 bits per heavy atom. The SMILES string of the molecule is CCCCOC(=O)N1CCC(O)(c2cccc(SC)c2F)CC1.CSc1cccc(Br)c1F. The van der Waals surface area contributed by atoms with Crippen molar-refractivity contribution in [3.05, 3.63) is 58.1 Å². The summed E-state index contributed by atoms with van der Waals surface area (Å²) in [6, 6.07) is 10.4. The third-order valence-corrected chi connectivity index (χ3v) is 7.52. The molecule has 2 aromatic carbocycles. The van der Waals surface area contributed by atoms with Gasteiger partial charge in [-0.3, -0.25) is 0 Å². The Labute approximate surface area is 211 Å². The van der Waals surface area contributed by atoms with Gasteiger partial charge in [-0.15, -0.1) is 23.5 Å². The van der Waals surface area contributed by atoms with Crippen molar-refractivity contribution in [3.63, 3.8) is 0 Å². The summed E-state index contributed by atoms with van der Waals surface area (Å²) in [6.45, 7) is 3.18. The summed E-state index contributed by atoms with van der Waals surface area (Å²) in [4.78, 5) is 14.7. The fourth-order valence-corrected chi connectivity index (χ4v) is 4.90. The molecule has 1 N–H and O–H groups in total. The molecular weight excluding hydrogens is 532 g/mol. The highest BCUT2D eigenvalue weighted by atomic mass is 79.9. The second kappa shape index (κ2) is 13.6. The van der Waals surface area contributed by atoms with Gasteiger partial charge in [-0.25, -0.2) is 13.6 Å². The molecule has 1 fully saturated rings. The van der Waals surface area contributed by atoms with Crippen LogP contribution in [0.4, 0.5) is 13.6 Å². The number of unbranched alkanes of at least 4 members (excludes halogenated alkanes) is 1.